The van der Waals surface area contributed by atoms with Crippen molar-refractivity contribution in [2.75, 3.05) is 0 Å². The second-order valence-electron chi connectivity index (χ2n) is 5.75. The second-order valence-corrected chi connectivity index (χ2v) is 5.75. The van der Waals surface area contributed by atoms with E-state index < -0.39 is 5.60 Å². The number of rotatable bonds is 1. The van der Waals surface area contributed by atoms with E-state index in [9.17, 15) is 5.11 Å². The Morgan fingerprint density at radius 2 is 1.87 bits per heavy atom. The van der Waals surface area contributed by atoms with E-state index in [0.29, 0.717) is 5.41 Å². The van der Waals surface area contributed by atoms with Crippen LogP contribution in [-0.2, 0) is 0 Å². The van der Waals surface area contributed by atoms with Crippen LogP contribution in [0.15, 0.2) is 24.8 Å². The van der Waals surface area contributed by atoms with E-state index >= 15 is 0 Å². The van der Waals surface area contributed by atoms with Gasteiger partial charge in [-0.05, 0) is 37.5 Å². The predicted octanol–water partition coefficient (Wildman–Crippen LogP) is 3.20. The average Bonchev–Trinajstić information content (AvgIpc) is 2.26. The van der Waals surface area contributed by atoms with Crippen LogP contribution in [0, 0.1) is 10.8 Å². The van der Waals surface area contributed by atoms with Crippen molar-refractivity contribution in [1.29, 1.82) is 0 Å². The van der Waals surface area contributed by atoms with Gasteiger partial charge in [0.25, 0.3) is 0 Å². The Morgan fingerprint density at radius 3 is 2.67 bits per heavy atom. The van der Waals surface area contributed by atoms with Gasteiger partial charge in [-0.15, -0.1) is 6.58 Å². The summed E-state index contributed by atoms with van der Waals surface area (Å²) < 4.78 is 0. The standard InChI is InChI=1S/C14H20O/c1-2-14(15)11-12-7-3-5-9-13(12,14)10-6-4-8-12/h2-3,5,15H,1,4,6-11H2. The maximum Gasteiger partial charge on any atom is 0.0895 e. The first-order valence-corrected chi connectivity index (χ1v) is 6.19. The maximum absolute atomic E-state index is 10.6. The molecule has 0 aromatic rings. The minimum Gasteiger partial charge on any atom is -0.385 e. The van der Waals surface area contributed by atoms with Gasteiger partial charge < -0.3 is 5.11 Å². The molecule has 1 N–H and O–H groups in total. The molecule has 3 rings (SSSR count). The molecule has 1 heteroatoms. The Morgan fingerprint density at radius 1 is 1.13 bits per heavy atom. The number of aliphatic hydroxyl groups is 1. The Kier molecular flexibility index (Phi) is 1.78. The monoisotopic (exact) mass is 204 g/mol. The molecule has 0 saturated heterocycles. The van der Waals surface area contributed by atoms with Crippen LogP contribution in [0.1, 0.15) is 44.9 Å². The van der Waals surface area contributed by atoms with Crippen LogP contribution in [0.5, 0.6) is 0 Å². The molecular formula is C14H20O. The highest BCUT2D eigenvalue weighted by atomic mass is 16.3. The van der Waals surface area contributed by atoms with Gasteiger partial charge in [0.05, 0.1) is 5.60 Å². The number of hydrogen-bond acceptors (Lipinski definition) is 1. The van der Waals surface area contributed by atoms with Crippen LogP contribution in [0.3, 0.4) is 0 Å². The molecule has 1 nitrogen and oxygen atoms in total. The first-order chi connectivity index (χ1) is 7.18. The lowest BCUT2D eigenvalue weighted by atomic mass is 9.34. The molecule has 3 unspecified atom stereocenters. The fourth-order valence-corrected chi connectivity index (χ4v) is 4.63. The zero-order valence-electron chi connectivity index (χ0n) is 9.34. The van der Waals surface area contributed by atoms with Crippen molar-refractivity contribution < 1.29 is 5.11 Å². The van der Waals surface area contributed by atoms with Crippen molar-refractivity contribution in [1.82, 2.24) is 0 Å². The van der Waals surface area contributed by atoms with Crippen molar-refractivity contribution in [2.45, 2.75) is 50.5 Å². The SMILES string of the molecule is C=CC1(O)CC23CC=CCC12CCCC3. The van der Waals surface area contributed by atoms with Crippen molar-refractivity contribution >= 4 is 0 Å². The fourth-order valence-electron chi connectivity index (χ4n) is 4.63. The molecule has 0 heterocycles. The highest BCUT2D eigenvalue weighted by Gasteiger charge is 2.71. The second kappa shape index (κ2) is 2.76. The van der Waals surface area contributed by atoms with E-state index in [2.05, 4.69) is 18.7 Å². The van der Waals surface area contributed by atoms with E-state index in [1.807, 2.05) is 6.08 Å². The zero-order chi connectivity index (χ0) is 10.6. The smallest absolute Gasteiger partial charge is 0.0895 e. The molecule has 2 fully saturated rings. The summed E-state index contributed by atoms with van der Waals surface area (Å²) in [4.78, 5) is 0. The topological polar surface area (TPSA) is 20.2 Å². The van der Waals surface area contributed by atoms with Crippen LogP contribution in [0.25, 0.3) is 0 Å². The average molecular weight is 204 g/mol. The van der Waals surface area contributed by atoms with E-state index in [1.54, 1.807) is 0 Å². The normalized spacial score (nSPS) is 52.6. The first kappa shape index (κ1) is 9.65. The molecule has 0 aromatic heterocycles. The summed E-state index contributed by atoms with van der Waals surface area (Å²) in [6, 6.07) is 0. The summed E-state index contributed by atoms with van der Waals surface area (Å²) in [5, 5.41) is 10.6. The van der Waals surface area contributed by atoms with Crippen LogP contribution >= 0.6 is 0 Å². The van der Waals surface area contributed by atoms with Gasteiger partial charge in [-0.2, -0.15) is 0 Å². The Bertz CT molecular complexity index is 332. The molecule has 3 aliphatic rings. The Hall–Kier alpha value is -0.560. The van der Waals surface area contributed by atoms with Crippen LogP contribution < -0.4 is 0 Å². The Labute approximate surface area is 91.9 Å². The molecule has 0 bridgehead atoms. The van der Waals surface area contributed by atoms with E-state index in [-0.39, 0.29) is 5.41 Å². The van der Waals surface area contributed by atoms with Gasteiger partial charge in [-0.25, -0.2) is 0 Å². The summed E-state index contributed by atoms with van der Waals surface area (Å²) in [5.74, 6) is 0. The third-order valence-electron chi connectivity index (χ3n) is 5.44. The molecule has 0 aliphatic heterocycles. The van der Waals surface area contributed by atoms with Gasteiger partial charge in [-0.3, -0.25) is 0 Å². The molecule has 82 valence electrons. The van der Waals surface area contributed by atoms with Gasteiger partial charge in [-0.1, -0.05) is 31.1 Å². The largest absolute Gasteiger partial charge is 0.385 e. The molecule has 3 aliphatic carbocycles. The minimum atomic E-state index is -0.571. The third kappa shape index (κ3) is 0.891. The van der Waals surface area contributed by atoms with Gasteiger partial charge in [0, 0.05) is 5.41 Å². The summed E-state index contributed by atoms with van der Waals surface area (Å²) in [6.45, 7) is 3.85. The lowest BCUT2D eigenvalue weighted by molar-refractivity contribution is -0.261. The molecular weight excluding hydrogens is 184 g/mol. The summed E-state index contributed by atoms with van der Waals surface area (Å²) in [5.41, 5.74) is -0.00410. The highest BCUT2D eigenvalue weighted by Crippen LogP contribution is 2.74. The fraction of sp³-hybridized carbons (Fsp3) is 0.714. The molecule has 0 amide bonds. The third-order valence-corrected chi connectivity index (χ3v) is 5.44. The van der Waals surface area contributed by atoms with Crippen LogP contribution in [0.2, 0.25) is 0 Å². The predicted molar refractivity (Wildman–Crippen MR) is 61.5 cm³/mol. The molecule has 0 radical (unpaired) electrons. The van der Waals surface area contributed by atoms with Crippen LogP contribution in [0.4, 0.5) is 0 Å². The summed E-state index contributed by atoms with van der Waals surface area (Å²) >= 11 is 0. The molecule has 2 saturated carbocycles. The minimum absolute atomic E-state index is 0.148. The highest BCUT2D eigenvalue weighted by molar-refractivity contribution is 5.31. The van der Waals surface area contributed by atoms with Gasteiger partial charge in [0.2, 0.25) is 0 Å². The molecule has 0 spiro atoms. The number of allylic oxidation sites excluding steroid dienone is 2. The van der Waals surface area contributed by atoms with E-state index in [4.69, 9.17) is 0 Å². The molecule has 3 atom stereocenters. The van der Waals surface area contributed by atoms with E-state index in [1.165, 1.54) is 32.1 Å². The maximum atomic E-state index is 10.6. The molecule has 0 aromatic carbocycles. The molecule has 15 heavy (non-hydrogen) atoms. The van der Waals surface area contributed by atoms with Crippen molar-refractivity contribution in [3.05, 3.63) is 24.8 Å². The lowest BCUT2D eigenvalue weighted by Gasteiger charge is -2.72. The van der Waals surface area contributed by atoms with Gasteiger partial charge >= 0.3 is 0 Å². The van der Waals surface area contributed by atoms with Crippen LogP contribution in [-0.4, -0.2) is 10.7 Å². The van der Waals surface area contributed by atoms with Crippen molar-refractivity contribution in [3.8, 4) is 0 Å². The summed E-state index contributed by atoms with van der Waals surface area (Å²) in [7, 11) is 0. The van der Waals surface area contributed by atoms with Crippen molar-refractivity contribution in [2.24, 2.45) is 10.8 Å². The van der Waals surface area contributed by atoms with Crippen molar-refractivity contribution in [3.63, 3.8) is 0 Å². The number of hydrogen-bond donors (Lipinski definition) is 1. The summed E-state index contributed by atoms with van der Waals surface area (Å²) in [6.07, 6.45) is 14.8. The van der Waals surface area contributed by atoms with Gasteiger partial charge in [0.15, 0.2) is 0 Å². The lowest BCUT2D eigenvalue weighted by Crippen LogP contribution is -2.70. The van der Waals surface area contributed by atoms with E-state index in [0.717, 1.165) is 12.8 Å². The first-order valence-electron chi connectivity index (χ1n) is 6.19. The zero-order valence-corrected chi connectivity index (χ0v) is 9.34. The Balaban J connectivity index is 2.06. The quantitative estimate of drug-likeness (QED) is 0.650. The van der Waals surface area contributed by atoms with Gasteiger partial charge in [0.1, 0.15) is 0 Å².